The lowest BCUT2D eigenvalue weighted by molar-refractivity contribution is 0.103. The number of anilines is 3. The summed E-state index contributed by atoms with van der Waals surface area (Å²) in [6, 6.07) is 4.01. The summed E-state index contributed by atoms with van der Waals surface area (Å²) in [7, 11) is 0. The fourth-order valence-electron chi connectivity index (χ4n) is 1.48. The molecule has 0 spiro atoms. The molecule has 4 N–H and O–H groups in total. The molecule has 0 aliphatic heterocycles. The molecule has 0 atom stereocenters. The summed E-state index contributed by atoms with van der Waals surface area (Å²) in [6.45, 7) is 2.59. The maximum atomic E-state index is 13.3. The number of carbonyl (C=O) groups excluding carboxylic acids is 1. The van der Waals surface area contributed by atoms with Gasteiger partial charge in [-0.05, 0) is 25.1 Å². The molecule has 5 nitrogen and oxygen atoms in total. The molecule has 0 saturated carbocycles. The quantitative estimate of drug-likeness (QED) is 0.809. The molecule has 0 radical (unpaired) electrons. The van der Waals surface area contributed by atoms with E-state index in [-0.39, 0.29) is 15.7 Å². The van der Waals surface area contributed by atoms with Crippen molar-refractivity contribution in [3.05, 3.63) is 33.9 Å². The number of nitrogens with one attached hydrogen (secondary N) is 2. The summed E-state index contributed by atoms with van der Waals surface area (Å²) in [5.41, 5.74) is 5.98. The molecule has 1 aromatic heterocycles. The summed E-state index contributed by atoms with van der Waals surface area (Å²) in [4.78, 5) is 16.3. The van der Waals surface area contributed by atoms with Crippen molar-refractivity contribution in [3.8, 4) is 0 Å². The highest BCUT2D eigenvalue weighted by atomic mass is 35.5. The van der Waals surface area contributed by atoms with E-state index in [1.54, 1.807) is 0 Å². The molecule has 20 heavy (non-hydrogen) atoms. The van der Waals surface area contributed by atoms with Gasteiger partial charge in [-0.25, -0.2) is 9.37 Å². The molecular weight excluding hydrogens is 303 g/mol. The van der Waals surface area contributed by atoms with Crippen LogP contribution in [0.4, 0.5) is 21.0 Å². The molecule has 0 unspecified atom stereocenters. The smallest absolute Gasteiger partial charge is 0.269 e. The van der Waals surface area contributed by atoms with Crippen molar-refractivity contribution in [1.82, 2.24) is 4.98 Å². The highest BCUT2D eigenvalue weighted by molar-refractivity contribution is 7.18. The number of carbonyl (C=O) groups is 1. The van der Waals surface area contributed by atoms with Gasteiger partial charge in [0, 0.05) is 12.2 Å². The SMILES string of the molecule is CCNc1nc(N)c(C(=O)Nc2ccc(Cl)c(F)c2)s1. The van der Waals surface area contributed by atoms with E-state index in [9.17, 15) is 9.18 Å². The van der Waals surface area contributed by atoms with Gasteiger partial charge in [0.2, 0.25) is 0 Å². The fraction of sp³-hybridized carbons (Fsp3) is 0.167. The van der Waals surface area contributed by atoms with Crippen LogP contribution in [-0.2, 0) is 0 Å². The molecular formula is C12H12ClFN4OS. The van der Waals surface area contributed by atoms with E-state index in [2.05, 4.69) is 15.6 Å². The minimum Gasteiger partial charge on any atom is -0.382 e. The van der Waals surface area contributed by atoms with Crippen molar-refractivity contribution < 1.29 is 9.18 Å². The van der Waals surface area contributed by atoms with Gasteiger partial charge in [-0.1, -0.05) is 22.9 Å². The molecule has 1 aromatic carbocycles. The van der Waals surface area contributed by atoms with E-state index in [0.717, 1.165) is 17.4 Å². The fourth-order valence-corrected chi connectivity index (χ4v) is 2.45. The van der Waals surface area contributed by atoms with Gasteiger partial charge in [0.25, 0.3) is 5.91 Å². The Bertz CT molecular complexity index is 646. The summed E-state index contributed by atoms with van der Waals surface area (Å²) >= 11 is 6.71. The van der Waals surface area contributed by atoms with E-state index in [0.29, 0.717) is 17.4 Å². The van der Waals surface area contributed by atoms with Crippen LogP contribution in [0.5, 0.6) is 0 Å². The largest absolute Gasteiger partial charge is 0.382 e. The molecule has 0 bridgehead atoms. The number of amides is 1. The number of nitrogens with two attached hydrogens (primary N) is 1. The number of aromatic nitrogens is 1. The number of hydrogen-bond donors (Lipinski definition) is 3. The highest BCUT2D eigenvalue weighted by Crippen LogP contribution is 2.26. The van der Waals surface area contributed by atoms with Crippen molar-refractivity contribution in [2.75, 3.05) is 22.9 Å². The number of hydrogen-bond acceptors (Lipinski definition) is 5. The summed E-state index contributed by atoms with van der Waals surface area (Å²) < 4.78 is 13.3. The predicted octanol–water partition coefficient (Wildman–Crippen LogP) is 3.20. The third-order valence-corrected chi connectivity index (χ3v) is 3.70. The van der Waals surface area contributed by atoms with Crippen molar-refractivity contribution in [3.63, 3.8) is 0 Å². The van der Waals surface area contributed by atoms with Crippen LogP contribution in [0.1, 0.15) is 16.6 Å². The van der Waals surface area contributed by atoms with E-state index < -0.39 is 11.7 Å². The number of nitrogens with zero attached hydrogens (tertiary/aromatic N) is 1. The second kappa shape index (κ2) is 6.06. The second-order valence-electron chi connectivity index (χ2n) is 3.85. The van der Waals surface area contributed by atoms with E-state index in [4.69, 9.17) is 17.3 Å². The van der Waals surface area contributed by atoms with Gasteiger partial charge in [0.15, 0.2) is 5.13 Å². The Labute approximate surface area is 124 Å². The molecule has 0 aliphatic rings. The Hall–Kier alpha value is -1.86. The minimum atomic E-state index is -0.602. The first-order valence-corrected chi connectivity index (χ1v) is 6.97. The van der Waals surface area contributed by atoms with Crippen LogP contribution in [0.2, 0.25) is 5.02 Å². The number of thiazole rings is 1. The number of halogens is 2. The van der Waals surface area contributed by atoms with Crippen LogP contribution < -0.4 is 16.4 Å². The van der Waals surface area contributed by atoms with Gasteiger partial charge >= 0.3 is 0 Å². The van der Waals surface area contributed by atoms with Crippen LogP contribution in [0, 0.1) is 5.82 Å². The van der Waals surface area contributed by atoms with Gasteiger partial charge in [-0.2, -0.15) is 0 Å². The normalized spacial score (nSPS) is 10.3. The van der Waals surface area contributed by atoms with Gasteiger partial charge in [0.1, 0.15) is 16.5 Å². The number of rotatable bonds is 4. The first-order valence-electron chi connectivity index (χ1n) is 5.77. The average molecular weight is 315 g/mol. The van der Waals surface area contributed by atoms with E-state index in [1.807, 2.05) is 6.92 Å². The molecule has 1 amide bonds. The van der Waals surface area contributed by atoms with Crippen molar-refractivity contribution in [2.24, 2.45) is 0 Å². The van der Waals surface area contributed by atoms with Crippen LogP contribution in [0.3, 0.4) is 0 Å². The lowest BCUT2D eigenvalue weighted by atomic mass is 10.3. The molecule has 0 saturated heterocycles. The van der Waals surface area contributed by atoms with Crippen LogP contribution in [0.25, 0.3) is 0 Å². The Kier molecular flexibility index (Phi) is 4.41. The van der Waals surface area contributed by atoms with Gasteiger partial charge < -0.3 is 16.4 Å². The van der Waals surface area contributed by atoms with Crippen molar-refractivity contribution in [2.45, 2.75) is 6.92 Å². The summed E-state index contributed by atoms with van der Waals surface area (Å²) in [5.74, 6) is -0.904. The summed E-state index contributed by atoms with van der Waals surface area (Å²) in [5, 5.41) is 6.08. The Morgan fingerprint density at radius 3 is 2.95 bits per heavy atom. The Morgan fingerprint density at radius 2 is 2.30 bits per heavy atom. The molecule has 2 aromatic rings. The van der Waals surface area contributed by atoms with E-state index in [1.165, 1.54) is 12.1 Å². The first-order chi connectivity index (χ1) is 9.51. The van der Waals surface area contributed by atoms with Gasteiger partial charge in [-0.15, -0.1) is 0 Å². The zero-order valence-corrected chi connectivity index (χ0v) is 12.1. The van der Waals surface area contributed by atoms with Crippen LogP contribution >= 0.6 is 22.9 Å². The van der Waals surface area contributed by atoms with Crippen LogP contribution in [-0.4, -0.2) is 17.4 Å². The molecule has 8 heteroatoms. The maximum Gasteiger partial charge on any atom is 0.269 e. The summed E-state index contributed by atoms with van der Waals surface area (Å²) in [6.07, 6.45) is 0. The highest BCUT2D eigenvalue weighted by Gasteiger charge is 2.16. The van der Waals surface area contributed by atoms with Gasteiger partial charge in [-0.3, -0.25) is 4.79 Å². The topological polar surface area (TPSA) is 80.0 Å². The molecule has 0 aliphatic carbocycles. The van der Waals surface area contributed by atoms with Crippen LogP contribution in [0.15, 0.2) is 18.2 Å². The number of nitrogen functional groups attached to an aromatic ring is 1. The van der Waals surface area contributed by atoms with Gasteiger partial charge in [0.05, 0.1) is 5.02 Å². The van der Waals surface area contributed by atoms with Crippen molar-refractivity contribution in [1.29, 1.82) is 0 Å². The lowest BCUT2D eigenvalue weighted by Gasteiger charge is -2.04. The first kappa shape index (κ1) is 14.5. The lowest BCUT2D eigenvalue weighted by Crippen LogP contribution is -2.12. The molecule has 0 fully saturated rings. The standard InChI is InChI=1S/C12H12ClFN4OS/c1-2-16-12-18-10(15)9(20-12)11(19)17-6-3-4-7(13)8(14)5-6/h3-5H,2,15H2,1H3,(H,16,18)(H,17,19). The minimum absolute atomic E-state index is 0.00487. The van der Waals surface area contributed by atoms with E-state index >= 15 is 0 Å². The Balaban J connectivity index is 2.17. The second-order valence-corrected chi connectivity index (χ2v) is 5.25. The molecule has 1 heterocycles. The zero-order chi connectivity index (χ0) is 14.7. The maximum absolute atomic E-state index is 13.3. The predicted molar refractivity (Wildman–Crippen MR) is 80.1 cm³/mol. The average Bonchev–Trinajstić information content (AvgIpc) is 2.75. The third kappa shape index (κ3) is 3.17. The molecule has 106 valence electrons. The van der Waals surface area contributed by atoms with Crippen molar-refractivity contribution >= 4 is 45.5 Å². The monoisotopic (exact) mass is 314 g/mol. The molecule has 2 rings (SSSR count). The Morgan fingerprint density at radius 1 is 1.55 bits per heavy atom. The number of benzene rings is 1. The zero-order valence-electron chi connectivity index (χ0n) is 10.5. The third-order valence-electron chi connectivity index (χ3n) is 2.37.